The predicted octanol–water partition coefficient (Wildman–Crippen LogP) is 5.04. The van der Waals surface area contributed by atoms with Crippen LogP contribution in [0.4, 0.5) is 4.79 Å². The number of aromatic nitrogens is 1. The molecule has 0 aliphatic carbocycles. The number of nitrogens with zero attached hydrogens (tertiary/aromatic N) is 2. The van der Waals surface area contributed by atoms with Crippen molar-refractivity contribution in [2.45, 2.75) is 51.9 Å². The number of methoxy groups -OCH3 is 1. The van der Waals surface area contributed by atoms with E-state index in [2.05, 4.69) is 16.4 Å². The molecule has 30 heavy (non-hydrogen) atoms. The van der Waals surface area contributed by atoms with Crippen LogP contribution >= 0.6 is 11.6 Å². The molecule has 0 fully saturated rings. The summed E-state index contributed by atoms with van der Waals surface area (Å²) in [7, 11) is 1.51. The molecule has 0 radical (unpaired) electrons. The molecule has 1 heterocycles. The van der Waals surface area contributed by atoms with E-state index in [9.17, 15) is 10.1 Å². The van der Waals surface area contributed by atoms with Gasteiger partial charge in [-0.25, -0.2) is 9.78 Å². The standard InChI is InChI=1S/C22H26ClN3O4/c1-6-17(26-21(27)30-22(2,3)4)19(16-8-7-11-25-20(16)28-5)29-18-12-15(23)10-9-14(18)13-24/h7-12,17,19H,6H2,1-5H3,(H,26,27). The molecule has 0 saturated heterocycles. The fourth-order valence-corrected chi connectivity index (χ4v) is 2.99. The Bertz CT molecular complexity index is 921. The van der Waals surface area contributed by atoms with Gasteiger partial charge in [0.1, 0.15) is 23.5 Å². The topological polar surface area (TPSA) is 93.5 Å². The maximum absolute atomic E-state index is 12.4. The van der Waals surface area contributed by atoms with Crippen LogP contribution in [0, 0.1) is 11.3 Å². The zero-order valence-electron chi connectivity index (χ0n) is 17.7. The van der Waals surface area contributed by atoms with Crippen LogP contribution in [0.1, 0.15) is 51.3 Å². The van der Waals surface area contributed by atoms with Crippen LogP contribution in [0.15, 0.2) is 36.5 Å². The number of alkyl carbamates (subject to hydrolysis) is 1. The molecule has 0 saturated carbocycles. The van der Waals surface area contributed by atoms with E-state index in [1.807, 2.05) is 6.92 Å². The summed E-state index contributed by atoms with van der Waals surface area (Å²) in [5, 5.41) is 12.7. The van der Waals surface area contributed by atoms with Crippen LogP contribution in [0.5, 0.6) is 11.6 Å². The van der Waals surface area contributed by atoms with Crippen molar-refractivity contribution >= 4 is 17.7 Å². The van der Waals surface area contributed by atoms with Crippen LogP contribution < -0.4 is 14.8 Å². The molecular weight excluding hydrogens is 406 g/mol. The third kappa shape index (κ3) is 6.26. The summed E-state index contributed by atoms with van der Waals surface area (Å²) in [5.74, 6) is 0.651. The van der Waals surface area contributed by atoms with Crippen molar-refractivity contribution in [1.82, 2.24) is 10.3 Å². The van der Waals surface area contributed by atoms with Crippen LogP contribution in [0.25, 0.3) is 0 Å². The van der Waals surface area contributed by atoms with Crippen molar-refractivity contribution in [3.05, 3.63) is 52.7 Å². The zero-order valence-corrected chi connectivity index (χ0v) is 18.5. The Morgan fingerprint density at radius 1 is 1.33 bits per heavy atom. The molecular formula is C22H26ClN3O4. The predicted molar refractivity (Wildman–Crippen MR) is 114 cm³/mol. The first kappa shape index (κ1) is 23.3. The first-order chi connectivity index (χ1) is 14.2. The second-order valence-corrected chi connectivity index (χ2v) is 7.99. The highest BCUT2D eigenvalue weighted by Crippen LogP contribution is 2.34. The fourth-order valence-electron chi connectivity index (χ4n) is 2.83. The first-order valence-corrected chi connectivity index (χ1v) is 9.91. The second-order valence-electron chi connectivity index (χ2n) is 7.55. The molecule has 160 valence electrons. The smallest absolute Gasteiger partial charge is 0.408 e. The van der Waals surface area contributed by atoms with Crippen molar-refractivity contribution < 1.29 is 19.0 Å². The van der Waals surface area contributed by atoms with Gasteiger partial charge in [0, 0.05) is 17.3 Å². The summed E-state index contributed by atoms with van der Waals surface area (Å²) in [6, 6.07) is 9.90. The van der Waals surface area contributed by atoms with Gasteiger partial charge >= 0.3 is 6.09 Å². The summed E-state index contributed by atoms with van der Waals surface area (Å²) in [6.45, 7) is 7.27. The number of pyridine rings is 1. The van der Waals surface area contributed by atoms with E-state index in [4.69, 9.17) is 25.8 Å². The average molecular weight is 432 g/mol. The second kappa shape index (κ2) is 10.2. The van der Waals surface area contributed by atoms with Crippen molar-refractivity contribution in [3.8, 4) is 17.7 Å². The molecule has 0 bridgehead atoms. The van der Waals surface area contributed by atoms with Gasteiger partial charge in [0.15, 0.2) is 0 Å². The summed E-state index contributed by atoms with van der Waals surface area (Å²) in [4.78, 5) is 16.7. The Kier molecular flexibility index (Phi) is 7.90. The maximum atomic E-state index is 12.4. The lowest BCUT2D eigenvalue weighted by atomic mass is 10.0. The molecule has 7 nitrogen and oxygen atoms in total. The molecule has 8 heteroatoms. The van der Waals surface area contributed by atoms with Gasteiger partial charge in [-0.05, 0) is 51.5 Å². The van der Waals surface area contributed by atoms with E-state index in [1.165, 1.54) is 7.11 Å². The van der Waals surface area contributed by atoms with E-state index in [1.54, 1.807) is 57.3 Å². The van der Waals surface area contributed by atoms with E-state index < -0.39 is 23.8 Å². The van der Waals surface area contributed by atoms with Crippen molar-refractivity contribution in [1.29, 1.82) is 5.26 Å². The normalized spacial score (nSPS) is 13.0. The minimum atomic E-state index is -0.711. The minimum absolute atomic E-state index is 0.297. The summed E-state index contributed by atoms with van der Waals surface area (Å²) < 4.78 is 17.0. The van der Waals surface area contributed by atoms with E-state index in [0.29, 0.717) is 34.2 Å². The molecule has 2 atom stereocenters. The van der Waals surface area contributed by atoms with Crippen LogP contribution in [-0.2, 0) is 4.74 Å². The quantitative estimate of drug-likeness (QED) is 0.660. The van der Waals surface area contributed by atoms with Gasteiger partial charge in [0.25, 0.3) is 0 Å². The number of carbonyl (C=O) groups is 1. The largest absolute Gasteiger partial charge is 0.482 e. The van der Waals surface area contributed by atoms with Gasteiger partial charge in [-0.2, -0.15) is 5.26 Å². The van der Waals surface area contributed by atoms with Crippen molar-refractivity contribution in [3.63, 3.8) is 0 Å². The van der Waals surface area contributed by atoms with Crippen molar-refractivity contribution in [2.75, 3.05) is 7.11 Å². The summed E-state index contributed by atoms with van der Waals surface area (Å²) in [6.07, 6.45) is 0.834. The maximum Gasteiger partial charge on any atom is 0.408 e. The fraction of sp³-hybridized carbons (Fsp3) is 0.409. The third-order valence-corrected chi connectivity index (χ3v) is 4.36. The van der Waals surface area contributed by atoms with Gasteiger partial charge in [-0.3, -0.25) is 0 Å². The zero-order chi connectivity index (χ0) is 22.3. The van der Waals surface area contributed by atoms with Gasteiger partial charge < -0.3 is 19.5 Å². The highest BCUT2D eigenvalue weighted by molar-refractivity contribution is 6.30. The molecule has 1 aromatic heterocycles. The molecule has 0 aliphatic rings. The Labute approximate surface area is 181 Å². The van der Waals surface area contributed by atoms with E-state index >= 15 is 0 Å². The Morgan fingerprint density at radius 2 is 2.07 bits per heavy atom. The van der Waals surface area contributed by atoms with Crippen molar-refractivity contribution in [2.24, 2.45) is 0 Å². The van der Waals surface area contributed by atoms with Gasteiger partial charge in [0.05, 0.1) is 24.3 Å². The van der Waals surface area contributed by atoms with Crippen LogP contribution in [0.2, 0.25) is 5.02 Å². The number of nitriles is 1. The number of ether oxygens (including phenoxy) is 3. The molecule has 1 N–H and O–H groups in total. The molecule has 2 aromatic rings. The number of halogens is 1. The van der Waals surface area contributed by atoms with Gasteiger partial charge in [-0.1, -0.05) is 18.5 Å². The molecule has 1 amide bonds. The monoisotopic (exact) mass is 431 g/mol. The van der Waals surface area contributed by atoms with Crippen LogP contribution in [0.3, 0.4) is 0 Å². The molecule has 1 aromatic carbocycles. The Balaban J connectivity index is 2.47. The number of carbonyl (C=O) groups excluding carboxylic acids is 1. The first-order valence-electron chi connectivity index (χ1n) is 9.53. The van der Waals surface area contributed by atoms with E-state index in [0.717, 1.165) is 0 Å². The lowest BCUT2D eigenvalue weighted by Gasteiger charge is -2.30. The SMILES string of the molecule is CCC(NC(=O)OC(C)(C)C)C(Oc1cc(Cl)ccc1C#N)c1cccnc1OC. The number of benzene rings is 1. The summed E-state index contributed by atoms with van der Waals surface area (Å²) >= 11 is 6.12. The lowest BCUT2D eigenvalue weighted by molar-refractivity contribution is 0.0438. The number of rotatable bonds is 7. The Morgan fingerprint density at radius 3 is 2.67 bits per heavy atom. The number of hydrogen-bond donors (Lipinski definition) is 1. The van der Waals surface area contributed by atoms with Gasteiger partial charge in [-0.15, -0.1) is 0 Å². The molecule has 0 aliphatic heterocycles. The van der Waals surface area contributed by atoms with Gasteiger partial charge in [0.2, 0.25) is 5.88 Å². The summed E-state index contributed by atoms with van der Waals surface area (Å²) in [5.41, 5.74) is 0.289. The average Bonchev–Trinajstić information content (AvgIpc) is 2.69. The van der Waals surface area contributed by atoms with Crippen LogP contribution in [-0.4, -0.2) is 29.8 Å². The van der Waals surface area contributed by atoms with E-state index in [-0.39, 0.29) is 0 Å². The molecule has 2 unspecified atom stereocenters. The highest BCUT2D eigenvalue weighted by atomic mass is 35.5. The lowest BCUT2D eigenvalue weighted by Crippen LogP contribution is -2.43. The number of hydrogen-bond acceptors (Lipinski definition) is 6. The Hall–Kier alpha value is -2.98. The third-order valence-electron chi connectivity index (χ3n) is 4.13. The molecule has 0 spiro atoms. The number of amides is 1. The minimum Gasteiger partial charge on any atom is -0.482 e. The highest BCUT2D eigenvalue weighted by Gasteiger charge is 2.31. The number of nitrogens with one attached hydrogen (secondary N) is 1. The molecule has 2 rings (SSSR count).